The van der Waals surface area contributed by atoms with Gasteiger partial charge in [0.2, 0.25) is 5.95 Å². The number of rotatable bonds is 3. The molecule has 1 atom stereocenters. The third-order valence-electron chi connectivity index (χ3n) is 4.86. The summed E-state index contributed by atoms with van der Waals surface area (Å²) in [5.74, 6) is 1.42. The Morgan fingerprint density at radius 3 is 3.00 bits per heavy atom. The van der Waals surface area contributed by atoms with Gasteiger partial charge in [0.1, 0.15) is 12.4 Å². The van der Waals surface area contributed by atoms with Gasteiger partial charge in [-0.05, 0) is 25.1 Å². The normalized spacial score (nSPS) is 18.2. The standard InChI is InChI=1S/C19H19FN6O2/c1-12-8-25(11-22-12)16-3-2-13(6-15(16)20)23-19-21-7-17-18(24-19)26-4-5-27-9-14(26)10-28-17/h2-3,6-8,11,14H,4-5,9-10H2,1H3,(H,21,23,24)/t14-/m1/s1. The first-order chi connectivity index (χ1) is 13.7. The van der Waals surface area contributed by atoms with Crippen molar-refractivity contribution >= 4 is 17.5 Å². The van der Waals surface area contributed by atoms with E-state index in [4.69, 9.17) is 9.47 Å². The average Bonchev–Trinajstić information content (AvgIpc) is 3.14. The Labute approximate surface area is 161 Å². The molecule has 5 rings (SSSR count). The molecule has 0 saturated carbocycles. The molecular weight excluding hydrogens is 363 g/mol. The molecule has 4 heterocycles. The number of anilines is 3. The molecule has 1 saturated heterocycles. The maximum absolute atomic E-state index is 14.6. The van der Waals surface area contributed by atoms with E-state index in [2.05, 4.69) is 25.2 Å². The smallest absolute Gasteiger partial charge is 0.229 e. The number of imidazole rings is 1. The zero-order valence-corrected chi connectivity index (χ0v) is 15.3. The largest absolute Gasteiger partial charge is 0.486 e. The van der Waals surface area contributed by atoms with Crippen LogP contribution in [0.5, 0.6) is 5.75 Å². The van der Waals surface area contributed by atoms with Crippen LogP contribution in [0.25, 0.3) is 5.69 Å². The highest BCUT2D eigenvalue weighted by Crippen LogP contribution is 2.33. The minimum absolute atomic E-state index is 0.152. The quantitative estimate of drug-likeness (QED) is 0.746. The number of morpholine rings is 1. The molecule has 2 aliphatic rings. The van der Waals surface area contributed by atoms with Crippen molar-refractivity contribution in [2.75, 3.05) is 36.6 Å². The van der Waals surface area contributed by atoms with Crippen molar-refractivity contribution in [3.8, 4) is 11.4 Å². The molecule has 0 unspecified atom stereocenters. The fourth-order valence-corrected chi connectivity index (χ4v) is 3.46. The lowest BCUT2D eigenvalue weighted by molar-refractivity contribution is 0.0696. The molecule has 2 aromatic heterocycles. The molecule has 8 nitrogen and oxygen atoms in total. The van der Waals surface area contributed by atoms with E-state index in [0.29, 0.717) is 42.9 Å². The maximum Gasteiger partial charge on any atom is 0.229 e. The van der Waals surface area contributed by atoms with E-state index in [9.17, 15) is 4.39 Å². The van der Waals surface area contributed by atoms with Crippen LogP contribution in [-0.2, 0) is 4.74 Å². The summed E-state index contributed by atoms with van der Waals surface area (Å²) in [5, 5.41) is 3.07. The monoisotopic (exact) mass is 382 g/mol. The highest BCUT2D eigenvalue weighted by atomic mass is 19.1. The van der Waals surface area contributed by atoms with Crippen molar-refractivity contribution in [3.05, 3.63) is 48.4 Å². The number of hydrogen-bond acceptors (Lipinski definition) is 7. The van der Waals surface area contributed by atoms with Crippen LogP contribution in [0, 0.1) is 12.7 Å². The number of fused-ring (bicyclic) bond motifs is 3. The van der Waals surface area contributed by atoms with Gasteiger partial charge in [-0.15, -0.1) is 0 Å². The van der Waals surface area contributed by atoms with Crippen molar-refractivity contribution < 1.29 is 13.9 Å². The zero-order chi connectivity index (χ0) is 19.1. The van der Waals surface area contributed by atoms with Gasteiger partial charge in [0.05, 0.1) is 43.2 Å². The summed E-state index contributed by atoms with van der Waals surface area (Å²) >= 11 is 0. The summed E-state index contributed by atoms with van der Waals surface area (Å²) < 4.78 is 27.5. The summed E-state index contributed by atoms with van der Waals surface area (Å²) in [7, 11) is 0. The molecule has 1 fully saturated rings. The van der Waals surface area contributed by atoms with Gasteiger partial charge in [0.15, 0.2) is 11.6 Å². The summed E-state index contributed by atoms with van der Waals surface area (Å²) in [5.41, 5.74) is 1.82. The number of nitrogens with one attached hydrogen (secondary N) is 1. The molecule has 3 aromatic rings. The fourth-order valence-electron chi connectivity index (χ4n) is 3.46. The summed E-state index contributed by atoms with van der Waals surface area (Å²) in [4.78, 5) is 15.2. The SMILES string of the molecule is Cc1cn(-c2ccc(Nc3ncc4c(n3)N3CCOC[C@@H]3CO4)cc2F)cn1. The fraction of sp³-hybridized carbons (Fsp3) is 0.316. The average molecular weight is 382 g/mol. The van der Waals surface area contributed by atoms with Gasteiger partial charge < -0.3 is 24.3 Å². The molecule has 0 amide bonds. The van der Waals surface area contributed by atoms with E-state index in [1.807, 2.05) is 6.92 Å². The first-order valence-electron chi connectivity index (χ1n) is 9.09. The van der Waals surface area contributed by atoms with Crippen LogP contribution >= 0.6 is 0 Å². The van der Waals surface area contributed by atoms with Crippen molar-refractivity contribution in [1.82, 2.24) is 19.5 Å². The molecule has 9 heteroatoms. The lowest BCUT2D eigenvalue weighted by Crippen LogP contribution is -2.51. The van der Waals surface area contributed by atoms with E-state index >= 15 is 0 Å². The van der Waals surface area contributed by atoms with Gasteiger partial charge in [-0.3, -0.25) is 0 Å². The highest BCUT2D eigenvalue weighted by molar-refractivity contribution is 5.61. The topological polar surface area (TPSA) is 77.3 Å². The first-order valence-corrected chi connectivity index (χ1v) is 9.09. The van der Waals surface area contributed by atoms with Crippen molar-refractivity contribution in [2.45, 2.75) is 13.0 Å². The van der Waals surface area contributed by atoms with Crippen molar-refractivity contribution in [2.24, 2.45) is 0 Å². The minimum atomic E-state index is -0.364. The number of ether oxygens (including phenoxy) is 2. The third kappa shape index (κ3) is 3.03. The molecule has 0 spiro atoms. The molecule has 2 aliphatic heterocycles. The van der Waals surface area contributed by atoms with Gasteiger partial charge in [0, 0.05) is 18.4 Å². The van der Waals surface area contributed by atoms with E-state index in [0.717, 1.165) is 18.1 Å². The minimum Gasteiger partial charge on any atom is -0.486 e. The molecule has 0 radical (unpaired) electrons. The Morgan fingerprint density at radius 2 is 2.18 bits per heavy atom. The van der Waals surface area contributed by atoms with Gasteiger partial charge in [0.25, 0.3) is 0 Å². The lowest BCUT2D eigenvalue weighted by Gasteiger charge is -2.40. The number of aromatic nitrogens is 4. The van der Waals surface area contributed by atoms with E-state index in [1.165, 1.54) is 6.07 Å². The predicted molar refractivity (Wildman–Crippen MR) is 101 cm³/mol. The summed E-state index contributed by atoms with van der Waals surface area (Å²) in [6.45, 7) is 4.45. The first kappa shape index (κ1) is 16.9. The molecule has 144 valence electrons. The summed E-state index contributed by atoms with van der Waals surface area (Å²) in [6, 6.07) is 5.05. The number of nitrogens with zero attached hydrogens (tertiary/aromatic N) is 5. The number of benzene rings is 1. The molecule has 1 aromatic carbocycles. The Morgan fingerprint density at radius 1 is 1.25 bits per heavy atom. The number of halogens is 1. The summed E-state index contributed by atoms with van der Waals surface area (Å²) in [6.07, 6.45) is 5.01. The zero-order valence-electron chi connectivity index (χ0n) is 15.3. The van der Waals surface area contributed by atoms with Gasteiger partial charge >= 0.3 is 0 Å². The van der Waals surface area contributed by atoms with Gasteiger partial charge in [-0.1, -0.05) is 0 Å². The number of hydrogen-bond donors (Lipinski definition) is 1. The van der Waals surface area contributed by atoms with Crippen LogP contribution in [0.3, 0.4) is 0 Å². The van der Waals surface area contributed by atoms with E-state index in [1.54, 1.807) is 35.4 Å². The van der Waals surface area contributed by atoms with Crippen LogP contribution in [0.2, 0.25) is 0 Å². The van der Waals surface area contributed by atoms with Crippen LogP contribution < -0.4 is 15.0 Å². The van der Waals surface area contributed by atoms with Crippen LogP contribution in [0.15, 0.2) is 36.9 Å². The maximum atomic E-state index is 14.6. The second-order valence-corrected chi connectivity index (χ2v) is 6.83. The Bertz CT molecular complexity index is 1020. The van der Waals surface area contributed by atoms with Crippen molar-refractivity contribution in [3.63, 3.8) is 0 Å². The Hall–Kier alpha value is -3.20. The van der Waals surface area contributed by atoms with Crippen LogP contribution in [0.4, 0.5) is 21.8 Å². The van der Waals surface area contributed by atoms with Gasteiger partial charge in [-0.25, -0.2) is 14.4 Å². The Kier molecular flexibility index (Phi) is 4.09. The second kappa shape index (κ2) is 6.75. The third-order valence-corrected chi connectivity index (χ3v) is 4.86. The van der Waals surface area contributed by atoms with Crippen molar-refractivity contribution in [1.29, 1.82) is 0 Å². The Balaban J connectivity index is 1.40. The van der Waals surface area contributed by atoms with Crippen LogP contribution in [-0.4, -0.2) is 51.9 Å². The van der Waals surface area contributed by atoms with E-state index < -0.39 is 0 Å². The molecule has 0 aliphatic carbocycles. The number of aryl methyl sites for hydroxylation is 1. The lowest BCUT2D eigenvalue weighted by atomic mass is 10.2. The highest BCUT2D eigenvalue weighted by Gasteiger charge is 2.32. The molecule has 0 bridgehead atoms. The second-order valence-electron chi connectivity index (χ2n) is 6.83. The predicted octanol–water partition coefficient (Wildman–Crippen LogP) is 2.45. The van der Waals surface area contributed by atoms with Crippen LogP contribution in [0.1, 0.15) is 5.69 Å². The molecular formula is C19H19FN6O2. The van der Waals surface area contributed by atoms with E-state index in [-0.39, 0.29) is 11.9 Å². The molecule has 1 N–H and O–H groups in total. The molecule has 28 heavy (non-hydrogen) atoms. The van der Waals surface area contributed by atoms with Gasteiger partial charge in [-0.2, -0.15) is 4.98 Å².